The minimum absolute atomic E-state index is 0.00200. The second-order valence-corrected chi connectivity index (χ2v) is 5.34. The Morgan fingerprint density at radius 2 is 1.78 bits per heavy atom. The molecular weight excluding hydrogens is 371 g/mol. The van der Waals surface area contributed by atoms with E-state index in [1.807, 2.05) is 0 Å². The van der Waals surface area contributed by atoms with Crippen LogP contribution in [0.15, 0.2) is 34.8 Å². The molecule has 4 N–H and O–H groups in total. The van der Waals surface area contributed by atoms with E-state index in [-0.39, 0.29) is 22.6 Å². The van der Waals surface area contributed by atoms with Crippen LogP contribution < -0.4 is 16.2 Å². The summed E-state index contributed by atoms with van der Waals surface area (Å²) in [5, 5.41) is 0. The van der Waals surface area contributed by atoms with Crippen LogP contribution in [0.25, 0.3) is 0 Å². The molecule has 0 unspecified atom stereocenters. The van der Waals surface area contributed by atoms with Gasteiger partial charge in [-0.2, -0.15) is 0 Å². The number of carbonyl (C=O) groups is 2. The molecule has 0 saturated heterocycles. The topological polar surface area (TPSA) is 105 Å². The molecule has 0 aliphatic carbocycles. The van der Waals surface area contributed by atoms with Gasteiger partial charge in [0.1, 0.15) is 17.1 Å². The van der Waals surface area contributed by atoms with Crippen molar-refractivity contribution in [2.75, 3.05) is 18.6 Å². The Morgan fingerprint density at radius 3 is 2.39 bits per heavy atom. The maximum Gasteiger partial charge on any atom is 0.349 e. The van der Waals surface area contributed by atoms with E-state index < -0.39 is 17.8 Å². The molecule has 0 aliphatic heterocycles. The maximum absolute atomic E-state index is 13.4. The van der Waals surface area contributed by atoms with E-state index in [9.17, 15) is 14.0 Å². The molecule has 0 atom stereocenters. The summed E-state index contributed by atoms with van der Waals surface area (Å²) in [5.41, 5.74) is 11.1. The molecule has 0 saturated carbocycles. The van der Waals surface area contributed by atoms with Gasteiger partial charge in [0.15, 0.2) is 0 Å². The third kappa shape index (κ3) is 3.59. The third-order valence-corrected chi connectivity index (χ3v) is 3.65. The van der Waals surface area contributed by atoms with E-state index in [4.69, 9.17) is 20.9 Å². The number of hydrogen-bond acceptors (Lipinski definition) is 6. The van der Waals surface area contributed by atoms with Crippen LogP contribution in [0.3, 0.4) is 0 Å². The summed E-state index contributed by atoms with van der Waals surface area (Å²) in [6, 6.07) is 6.13. The lowest BCUT2D eigenvalue weighted by molar-refractivity contribution is 0.0395. The largest absolute Gasteiger partial charge is 0.496 e. The number of halogens is 2. The monoisotopic (exact) mass is 382 g/mol. The minimum Gasteiger partial charge on any atom is -0.496 e. The number of nitrogens with two attached hydrogens (primary N) is 2. The molecular formula is C15H12BrFN2O4. The molecule has 0 heterocycles. The van der Waals surface area contributed by atoms with E-state index in [2.05, 4.69) is 15.9 Å². The molecule has 23 heavy (non-hydrogen) atoms. The molecule has 0 aliphatic rings. The zero-order valence-corrected chi connectivity index (χ0v) is 13.5. The lowest BCUT2D eigenvalue weighted by atomic mass is 10.1. The molecule has 2 aromatic carbocycles. The number of anilines is 2. The fourth-order valence-corrected chi connectivity index (χ4v) is 2.09. The van der Waals surface area contributed by atoms with Crippen molar-refractivity contribution in [3.8, 4) is 5.75 Å². The average molecular weight is 383 g/mol. The van der Waals surface area contributed by atoms with Crippen LogP contribution in [0.2, 0.25) is 0 Å². The molecule has 0 bridgehead atoms. The smallest absolute Gasteiger partial charge is 0.349 e. The molecule has 0 fully saturated rings. The van der Waals surface area contributed by atoms with Crippen LogP contribution >= 0.6 is 15.9 Å². The van der Waals surface area contributed by atoms with Crippen molar-refractivity contribution < 1.29 is 23.5 Å². The second-order valence-electron chi connectivity index (χ2n) is 4.49. The van der Waals surface area contributed by atoms with Gasteiger partial charge in [0, 0.05) is 16.2 Å². The Bertz CT molecular complexity index is 795. The highest BCUT2D eigenvalue weighted by Gasteiger charge is 2.21. The van der Waals surface area contributed by atoms with Crippen LogP contribution in [0.1, 0.15) is 20.7 Å². The molecule has 2 aromatic rings. The summed E-state index contributed by atoms with van der Waals surface area (Å²) in [4.78, 5) is 24.0. The molecule has 2 rings (SSSR count). The van der Waals surface area contributed by atoms with Gasteiger partial charge >= 0.3 is 11.9 Å². The first kappa shape index (κ1) is 16.8. The first-order valence-corrected chi connectivity index (χ1v) is 7.07. The first-order valence-electron chi connectivity index (χ1n) is 6.28. The Kier molecular flexibility index (Phi) is 4.85. The van der Waals surface area contributed by atoms with Gasteiger partial charge in [0.25, 0.3) is 0 Å². The molecule has 0 spiro atoms. The van der Waals surface area contributed by atoms with Crippen molar-refractivity contribution in [3.05, 3.63) is 51.7 Å². The fourth-order valence-electron chi connectivity index (χ4n) is 1.75. The number of esters is 2. The normalized spacial score (nSPS) is 10.2. The Morgan fingerprint density at radius 1 is 1.09 bits per heavy atom. The summed E-state index contributed by atoms with van der Waals surface area (Å²) in [5.74, 6) is -2.60. The molecule has 6 nitrogen and oxygen atoms in total. The highest BCUT2D eigenvalue weighted by atomic mass is 79.9. The molecule has 0 radical (unpaired) electrons. The quantitative estimate of drug-likeness (QED) is 0.480. The predicted octanol–water partition coefficient (Wildman–Crippen LogP) is 2.76. The van der Waals surface area contributed by atoms with E-state index in [0.717, 1.165) is 6.07 Å². The van der Waals surface area contributed by atoms with E-state index in [1.165, 1.54) is 31.4 Å². The summed E-state index contributed by atoms with van der Waals surface area (Å²) in [7, 11) is 1.34. The van der Waals surface area contributed by atoms with Gasteiger partial charge in [-0.1, -0.05) is 0 Å². The maximum atomic E-state index is 13.4. The zero-order chi connectivity index (χ0) is 17.1. The number of benzene rings is 2. The minimum atomic E-state index is -1.01. The standard InChI is InChI=1S/C15H12BrFN2O4/c1-22-13-6-12(19)9(16)5-8(13)15(21)23-14(20)7-2-3-11(18)10(17)4-7/h2-6H,18-19H2,1H3. The van der Waals surface area contributed by atoms with Crippen molar-refractivity contribution in [2.24, 2.45) is 0 Å². The van der Waals surface area contributed by atoms with E-state index >= 15 is 0 Å². The van der Waals surface area contributed by atoms with Crippen molar-refractivity contribution in [1.29, 1.82) is 0 Å². The molecule has 0 amide bonds. The van der Waals surface area contributed by atoms with E-state index in [1.54, 1.807) is 0 Å². The molecule has 0 aromatic heterocycles. The number of ether oxygens (including phenoxy) is 2. The van der Waals surface area contributed by atoms with Crippen LogP contribution in [-0.2, 0) is 4.74 Å². The molecule has 8 heteroatoms. The van der Waals surface area contributed by atoms with Gasteiger partial charge in [-0.15, -0.1) is 0 Å². The zero-order valence-electron chi connectivity index (χ0n) is 11.9. The summed E-state index contributed by atoms with van der Waals surface area (Å²) >= 11 is 3.17. The lowest BCUT2D eigenvalue weighted by Gasteiger charge is -2.10. The van der Waals surface area contributed by atoms with Crippen molar-refractivity contribution in [3.63, 3.8) is 0 Å². The van der Waals surface area contributed by atoms with Crippen LogP contribution in [0.4, 0.5) is 15.8 Å². The molecule has 120 valence electrons. The number of carbonyl (C=O) groups excluding carboxylic acids is 2. The Balaban J connectivity index is 2.26. The van der Waals surface area contributed by atoms with Gasteiger partial charge in [-0.25, -0.2) is 14.0 Å². The van der Waals surface area contributed by atoms with Gasteiger partial charge in [-0.3, -0.25) is 0 Å². The predicted molar refractivity (Wildman–Crippen MR) is 85.7 cm³/mol. The third-order valence-electron chi connectivity index (χ3n) is 2.96. The van der Waals surface area contributed by atoms with Crippen molar-refractivity contribution in [1.82, 2.24) is 0 Å². The lowest BCUT2D eigenvalue weighted by Crippen LogP contribution is -2.14. The van der Waals surface area contributed by atoms with Crippen LogP contribution in [0, 0.1) is 5.82 Å². The highest BCUT2D eigenvalue weighted by Crippen LogP contribution is 2.29. The number of hydrogen-bond donors (Lipinski definition) is 2. The van der Waals surface area contributed by atoms with Gasteiger partial charge in [-0.05, 0) is 40.2 Å². The Hall–Kier alpha value is -2.61. The van der Waals surface area contributed by atoms with Gasteiger partial charge < -0.3 is 20.9 Å². The van der Waals surface area contributed by atoms with Crippen LogP contribution in [-0.4, -0.2) is 19.0 Å². The van der Waals surface area contributed by atoms with Crippen molar-refractivity contribution in [2.45, 2.75) is 0 Å². The summed E-state index contributed by atoms with van der Waals surface area (Å²) in [6.45, 7) is 0. The Labute approximate surface area is 139 Å². The number of methoxy groups -OCH3 is 1. The SMILES string of the molecule is COc1cc(N)c(Br)cc1C(=O)OC(=O)c1ccc(N)c(F)c1. The van der Waals surface area contributed by atoms with Gasteiger partial charge in [0.05, 0.1) is 18.4 Å². The van der Waals surface area contributed by atoms with Gasteiger partial charge in [0.2, 0.25) is 0 Å². The van der Waals surface area contributed by atoms with Crippen LogP contribution in [0.5, 0.6) is 5.75 Å². The van der Waals surface area contributed by atoms with Crippen molar-refractivity contribution >= 4 is 39.2 Å². The number of rotatable bonds is 3. The van der Waals surface area contributed by atoms with E-state index in [0.29, 0.717) is 10.2 Å². The summed E-state index contributed by atoms with van der Waals surface area (Å²) < 4.78 is 23.6. The first-order chi connectivity index (χ1) is 10.8. The highest BCUT2D eigenvalue weighted by molar-refractivity contribution is 9.10. The average Bonchev–Trinajstić information content (AvgIpc) is 2.51. The summed E-state index contributed by atoms with van der Waals surface area (Å²) in [6.07, 6.45) is 0. The number of nitrogen functional groups attached to an aromatic ring is 2. The fraction of sp³-hybridized carbons (Fsp3) is 0.0667. The second kappa shape index (κ2) is 6.66.